The summed E-state index contributed by atoms with van der Waals surface area (Å²) in [5.74, 6) is 1.07. The first kappa shape index (κ1) is 19.0. The number of esters is 1. The Hall–Kier alpha value is -2.79. The molecule has 0 saturated carbocycles. The largest absolute Gasteiger partial charge is 0.497 e. The summed E-state index contributed by atoms with van der Waals surface area (Å²) in [7, 11) is 3.18. The van der Waals surface area contributed by atoms with Crippen molar-refractivity contribution in [1.29, 1.82) is 0 Å². The molecule has 140 valence electrons. The molecule has 0 N–H and O–H groups in total. The Balaban J connectivity index is 1.59. The fraction of sp³-hybridized carbons (Fsp3) is 0.238. The van der Waals surface area contributed by atoms with Gasteiger partial charge in [-0.25, -0.2) is 4.98 Å². The Labute approximate surface area is 162 Å². The molecule has 6 heteroatoms. The van der Waals surface area contributed by atoms with E-state index in [9.17, 15) is 4.79 Å². The van der Waals surface area contributed by atoms with Crippen molar-refractivity contribution in [2.24, 2.45) is 0 Å². The molecule has 0 aliphatic rings. The van der Waals surface area contributed by atoms with E-state index in [1.54, 1.807) is 20.3 Å². The summed E-state index contributed by atoms with van der Waals surface area (Å²) in [5, 5.41) is 1.30. The lowest BCUT2D eigenvalue weighted by Gasteiger charge is -2.09. The molecule has 2 aromatic carbocycles. The molecule has 0 spiro atoms. The number of nitrogens with zero attached hydrogens (tertiary/aromatic N) is 1. The van der Waals surface area contributed by atoms with Gasteiger partial charge in [0.1, 0.15) is 23.3 Å². The molecular formula is C21H20ClNO4. The maximum absolute atomic E-state index is 12.1. The van der Waals surface area contributed by atoms with Gasteiger partial charge < -0.3 is 14.2 Å². The minimum atomic E-state index is -0.305. The fourth-order valence-corrected chi connectivity index (χ4v) is 2.93. The van der Waals surface area contributed by atoms with Crippen molar-refractivity contribution in [3.05, 3.63) is 64.8 Å². The molecule has 0 radical (unpaired) electrons. The van der Waals surface area contributed by atoms with E-state index >= 15 is 0 Å². The smallest absolute Gasteiger partial charge is 0.306 e. The van der Waals surface area contributed by atoms with Crippen LogP contribution in [0.1, 0.15) is 17.5 Å². The summed E-state index contributed by atoms with van der Waals surface area (Å²) in [6.07, 6.45) is 0.769. The average molecular weight is 386 g/mol. The minimum absolute atomic E-state index is 0.0942. The van der Waals surface area contributed by atoms with Gasteiger partial charge in [0.15, 0.2) is 0 Å². The first-order valence-electron chi connectivity index (χ1n) is 8.51. The minimum Gasteiger partial charge on any atom is -0.497 e. The van der Waals surface area contributed by atoms with Crippen molar-refractivity contribution < 1.29 is 19.0 Å². The molecule has 0 bridgehead atoms. The lowest BCUT2D eigenvalue weighted by atomic mass is 10.1. The van der Waals surface area contributed by atoms with Gasteiger partial charge in [-0.15, -0.1) is 0 Å². The van der Waals surface area contributed by atoms with Gasteiger partial charge in [-0.2, -0.15) is 0 Å². The zero-order chi connectivity index (χ0) is 19.2. The quantitative estimate of drug-likeness (QED) is 0.440. The Bertz CT molecular complexity index is 936. The highest BCUT2D eigenvalue weighted by molar-refractivity contribution is 6.30. The van der Waals surface area contributed by atoms with Crippen LogP contribution < -0.4 is 9.47 Å². The number of hydrogen-bond acceptors (Lipinski definition) is 5. The first-order valence-corrected chi connectivity index (χ1v) is 8.88. The van der Waals surface area contributed by atoms with E-state index in [1.807, 2.05) is 42.5 Å². The van der Waals surface area contributed by atoms with Gasteiger partial charge in [0, 0.05) is 23.4 Å². The van der Waals surface area contributed by atoms with Crippen LogP contribution in [0, 0.1) is 0 Å². The molecule has 0 saturated heterocycles. The predicted octanol–water partition coefficient (Wildman–Crippen LogP) is 4.58. The van der Waals surface area contributed by atoms with Crippen LogP contribution in [-0.4, -0.2) is 25.2 Å². The van der Waals surface area contributed by atoms with Gasteiger partial charge >= 0.3 is 5.97 Å². The molecule has 5 nitrogen and oxygen atoms in total. The molecule has 3 rings (SSSR count). The van der Waals surface area contributed by atoms with Gasteiger partial charge in [0.2, 0.25) is 0 Å². The number of benzene rings is 2. The van der Waals surface area contributed by atoms with Gasteiger partial charge in [-0.05, 0) is 36.2 Å². The van der Waals surface area contributed by atoms with Crippen molar-refractivity contribution in [2.45, 2.75) is 19.4 Å². The van der Waals surface area contributed by atoms with Crippen LogP contribution in [0.3, 0.4) is 0 Å². The van der Waals surface area contributed by atoms with Crippen LogP contribution in [0.25, 0.3) is 10.9 Å². The summed E-state index contributed by atoms with van der Waals surface area (Å²) in [6.45, 7) is 0.0942. The number of aromatic nitrogens is 1. The molecule has 0 aliphatic heterocycles. The van der Waals surface area contributed by atoms with Gasteiger partial charge in [-0.3, -0.25) is 4.79 Å². The van der Waals surface area contributed by atoms with Crippen LogP contribution in [0.4, 0.5) is 0 Å². The molecule has 1 aromatic heterocycles. The third-order valence-electron chi connectivity index (χ3n) is 4.17. The number of para-hydroxylation sites is 1. The lowest BCUT2D eigenvalue weighted by molar-refractivity contribution is -0.144. The summed E-state index contributed by atoms with van der Waals surface area (Å²) in [5.41, 5.74) is 2.44. The number of aryl methyl sites for hydroxylation is 1. The van der Waals surface area contributed by atoms with Crippen LogP contribution >= 0.6 is 11.6 Å². The number of pyridine rings is 1. The highest BCUT2D eigenvalue weighted by Crippen LogP contribution is 2.24. The first-order chi connectivity index (χ1) is 13.1. The number of hydrogen-bond donors (Lipinski definition) is 0. The molecular weight excluding hydrogens is 366 g/mol. The van der Waals surface area contributed by atoms with E-state index in [0.717, 1.165) is 16.5 Å². The van der Waals surface area contributed by atoms with E-state index in [4.69, 9.17) is 25.8 Å². The average Bonchev–Trinajstić information content (AvgIpc) is 2.70. The molecule has 27 heavy (non-hydrogen) atoms. The second-order valence-corrected chi connectivity index (χ2v) is 6.37. The zero-order valence-electron chi connectivity index (χ0n) is 15.2. The summed E-state index contributed by atoms with van der Waals surface area (Å²) < 4.78 is 15.8. The lowest BCUT2D eigenvalue weighted by Crippen LogP contribution is -2.07. The number of ether oxygens (including phenoxy) is 3. The van der Waals surface area contributed by atoms with E-state index in [2.05, 4.69) is 4.98 Å². The third kappa shape index (κ3) is 4.89. The highest BCUT2D eigenvalue weighted by Gasteiger charge is 2.10. The second-order valence-electron chi connectivity index (χ2n) is 6.01. The van der Waals surface area contributed by atoms with Crippen molar-refractivity contribution in [3.8, 4) is 11.5 Å². The maximum Gasteiger partial charge on any atom is 0.306 e. The summed E-state index contributed by atoms with van der Waals surface area (Å²) >= 11 is 6.20. The normalized spacial score (nSPS) is 10.6. The predicted molar refractivity (Wildman–Crippen MR) is 104 cm³/mol. The van der Waals surface area contributed by atoms with Crippen LogP contribution in [0.2, 0.25) is 5.15 Å². The van der Waals surface area contributed by atoms with E-state index in [1.165, 1.54) is 0 Å². The number of methoxy groups -OCH3 is 2. The van der Waals surface area contributed by atoms with Crippen LogP contribution in [-0.2, 0) is 22.6 Å². The fourth-order valence-electron chi connectivity index (χ4n) is 2.72. The van der Waals surface area contributed by atoms with Crippen molar-refractivity contribution in [3.63, 3.8) is 0 Å². The molecule has 0 fully saturated rings. The topological polar surface area (TPSA) is 57.7 Å². The van der Waals surface area contributed by atoms with E-state index in [-0.39, 0.29) is 19.0 Å². The maximum atomic E-state index is 12.1. The number of fused-ring (bicyclic) bond motifs is 1. The Kier molecular flexibility index (Phi) is 6.14. The number of halogens is 1. The Morgan fingerprint density at radius 1 is 1.04 bits per heavy atom. The zero-order valence-corrected chi connectivity index (χ0v) is 16.0. The molecule has 0 unspecified atom stereocenters. The van der Waals surface area contributed by atoms with Crippen molar-refractivity contribution in [2.75, 3.05) is 14.2 Å². The Morgan fingerprint density at radius 3 is 2.44 bits per heavy atom. The van der Waals surface area contributed by atoms with Crippen molar-refractivity contribution in [1.82, 2.24) is 4.98 Å². The van der Waals surface area contributed by atoms with Crippen molar-refractivity contribution >= 4 is 28.5 Å². The molecule has 3 aromatic rings. The molecule has 0 atom stereocenters. The molecule has 0 amide bonds. The standard InChI is InChI=1S/C21H20ClNO4/c1-25-17-9-14(10-18(12-17)26-2)7-8-20(24)27-13-16-11-15-5-3-4-6-19(15)23-21(16)22/h3-6,9-12H,7-8,13H2,1-2H3. The molecule has 0 aliphatic carbocycles. The number of rotatable bonds is 7. The van der Waals surface area contributed by atoms with Gasteiger partial charge in [0.05, 0.1) is 19.7 Å². The number of carbonyl (C=O) groups is 1. The Morgan fingerprint density at radius 2 is 1.74 bits per heavy atom. The summed E-state index contributed by atoms with van der Waals surface area (Å²) in [6, 6.07) is 15.1. The van der Waals surface area contributed by atoms with E-state index in [0.29, 0.717) is 28.6 Å². The van der Waals surface area contributed by atoms with Gasteiger partial charge in [0.25, 0.3) is 0 Å². The highest BCUT2D eigenvalue weighted by atomic mass is 35.5. The van der Waals surface area contributed by atoms with Crippen LogP contribution in [0.5, 0.6) is 11.5 Å². The number of carbonyl (C=O) groups excluding carboxylic acids is 1. The SMILES string of the molecule is COc1cc(CCC(=O)OCc2cc3ccccc3nc2Cl)cc(OC)c1. The monoisotopic (exact) mass is 385 g/mol. The summed E-state index contributed by atoms with van der Waals surface area (Å²) in [4.78, 5) is 16.5. The van der Waals surface area contributed by atoms with Gasteiger partial charge in [-0.1, -0.05) is 29.8 Å². The van der Waals surface area contributed by atoms with E-state index < -0.39 is 0 Å². The second kappa shape index (κ2) is 8.73. The van der Waals surface area contributed by atoms with Crippen LogP contribution in [0.15, 0.2) is 48.5 Å². The third-order valence-corrected chi connectivity index (χ3v) is 4.50. The molecule has 1 heterocycles.